The van der Waals surface area contributed by atoms with E-state index in [1.54, 1.807) is 23.5 Å². The Balaban J connectivity index is 4.11. The van der Waals surface area contributed by atoms with Crippen LogP contribution in [0.4, 0.5) is 0 Å². The predicted molar refractivity (Wildman–Crippen MR) is 76.6 cm³/mol. The zero-order valence-electron chi connectivity index (χ0n) is 10.0. The predicted octanol–water partition coefficient (Wildman–Crippen LogP) is 0.676. The molecule has 2 atom stereocenters. The summed E-state index contributed by atoms with van der Waals surface area (Å²) in [6.45, 7) is 1.24. The first-order valence-corrected chi connectivity index (χ1v) is 7.88. The highest BCUT2D eigenvalue weighted by molar-refractivity contribution is 8.00. The zero-order chi connectivity index (χ0) is 12.9. The average Bonchev–Trinajstić information content (AvgIpc) is 2.33. The van der Waals surface area contributed by atoms with Crippen molar-refractivity contribution in [2.75, 3.05) is 24.6 Å². The summed E-state index contributed by atoms with van der Waals surface area (Å²) in [6, 6.07) is 0. The molecule has 0 rings (SSSR count). The maximum atomic E-state index is 10.6. The second-order valence-corrected chi connectivity index (χ2v) is 6.42. The highest BCUT2D eigenvalue weighted by Crippen LogP contribution is 2.26. The SMILES string of the molecule is NCCSC(CC=O)CC(CC=O)SCCN. The Morgan fingerprint density at radius 2 is 1.29 bits per heavy atom. The van der Waals surface area contributed by atoms with E-state index in [1.165, 1.54) is 0 Å². The van der Waals surface area contributed by atoms with Crippen molar-refractivity contribution in [1.82, 2.24) is 0 Å². The number of hydrogen-bond acceptors (Lipinski definition) is 6. The molecular formula is C11H22N2O2S2. The van der Waals surface area contributed by atoms with Gasteiger partial charge in [0.15, 0.2) is 0 Å². The normalized spacial score (nSPS) is 14.2. The van der Waals surface area contributed by atoms with Crippen molar-refractivity contribution in [3.8, 4) is 0 Å². The summed E-state index contributed by atoms with van der Waals surface area (Å²) in [6.07, 6.45) is 3.82. The van der Waals surface area contributed by atoms with Gasteiger partial charge in [-0.2, -0.15) is 23.5 Å². The standard InChI is InChI=1S/C11H22N2O2S2/c12-3-7-16-10(1-5-14)9-11(2-6-15)17-8-4-13/h5-6,10-11H,1-4,7-9,12-13H2. The Morgan fingerprint density at radius 3 is 1.59 bits per heavy atom. The molecule has 100 valence electrons. The molecule has 0 fully saturated rings. The third-order valence-corrected chi connectivity index (χ3v) is 4.84. The third-order valence-electron chi connectivity index (χ3n) is 2.19. The molecule has 0 aromatic heterocycles. The van der Waals surface area contributed by atoms with E-state index in [0.29, 0.717) is 25.9 Å². The van der Waals surface area contributed by atoms with Crippen molar-refractivity contribution < 1.29 is 9.59 Å². The van der Waals surface area contributed by atoms with Gasteiger partial charge in [-0.25, -0.2) is 0 Å². The minimum atomic E-state index is 0.270. The molecule has 0 amide bonds. The van der Waals surface area contributed by atoms with Crippen LogP contribution in [0.2, 0.25) is 0 Å². The van der Waals surface area contributed by atoms with E-state index in [9.17, 15) is 9.59 Å². The van der Waals surface area contributed by atoms with Gasteiger partial charge in [-0.1, -0.05) is 0 Å². The van der Waals surface area contributed by atoms with Crippen molar-refractivity contribution in [3.63, 3.8) is 0 Å². The van der Waals surface area contributed by atoms with Crippen molar-refractivity contribution >= 4 is 36.1 Å². The highest BCUT2D eigenvalue weighted by Gasteiger charge is 2.16. The van der Waals surface area contributed by atoms with Gasteiger partial charge < -0.3 is 21.1 Å². The minimum absolute atomic E-state index is 0.270. The summed E-state index contributed by atoms with van der Waals surface area (Å²) in [4.78, 5) is 21.2. The maximum absolute atomic E-state index is 10.6. The van der Waals surface area contributed by atoms with E-state index in [4.69, 9.17) is 11.5 Å². The van der Waals surface area contributed by atoms with Gasteiger partial charge in [-0.05, 0) is 6.42 Å². The van der Waals surface area contributed by atoms with Crippen LogP contribution in [-0.2, 0) is 9.59 Å². The van der Waals surface area contributed by atoms with Crippen LogP contribution in [0.3, 0.4) is 0 Å². The first kappa shape index (κ1) is 17.0. The molecule has 0 aromatic rings. The number of carbonyl (C=O) groups excluding carboxylic acids is 2. The zero-order valence-corrected chi connectivity index (χ0v) is 11.7. The summed E-state index contributed by atoms with van der Waals surface area (Å²) < 4.78 is 0. The molecule has 0 aromatic carbocycles. The molecule has 0 heterocycles. The number of nitrogens with two attached hydrogens (primary N) is 2. The lowest BCUT2D eigenvalue weighted by atomic mass is 10.1. The van der Waals surface area contributed by atoms with Crippen LogP contribution in [-0.4, -0.2) is 47.7 Å². The Morgan fingerprint density at radius 1 is 0.882 bits per heavy atom. The Bertz CT molecular complexity index is 186. The van der Waals surface area contributed by atoms with Gasteiger partial charge >= 0.3 is 0 Å². The van der Waals surface area contributed by atoms with Crippen LogP contribution >= 0.6 is 23.5 Å². The van der Waals surface area contributed by atoms with E-state index < -0.39 is 0 Å². The lowest BCUT2D eigenvalue weighted by molar-refractivity contribution is -0.108. The fraction of sp³-hybridized carbons (Fsp3) is 0.818. The van der Waals surface area contributed by atoms with Crippen LogP contribution in [0, 0.1) is 0 Å². The summed E-state index contributed by atoms with van der Waals surface area (Å²) in [5.74, 6) is 1.71. The molecule has 0 spiro atoms. The molecule has 0 aliphatic carbocycles. The summed E-state index contributed by atoms with van der Waals surface area (Å²) >= 11 is 3.43. The first-order chi connectivity index (χ1) is 8.28. The molecule has 2 unspecified atom stereocenters. The highest BCUT2D eigenvalue weighted by atomic mass is 32.2. The van der Waals surface area contributed by atoms with E-state index in [2.05, 4.69) is 0 Å². The van der Waals surface area contributed by atoms with E-state index >= 15 is 0 Å². The minimum Gasteiger partial charge on any atom is -0.330 e. The number of carbonyl (C=O) groups is 2. The van der Waals surface area contributed by atoms with Gasteiger partial charge in [-0.15, -0.1) is 0 Å². The molecule has 0 bridgehead atoms. The molecule has 4 nitrogen and oxygen atoms in total. The molecule has 0 radical (unpaired) electrons. The van der Waals surface area contributed by atoms with Crippen molar-refractivity contribution in [1.29, 1.82) is 0 Å². The topological polar surface area (TPSA) is 86.2 Å². The van der Waals surface area contributed by atoms with Crippen LogP contribution in [0.15, 0.2) is 0 Å². The van der Waals surface area contributed by atoms with Gasteiger partial charge in [0.25, 0.3) is 0 Å². The average molecular weight is 278 g/mol. The first-order valence-electron chi connectivity index (χ1n) is 5.79. The molecule has 6 heteroatoms. The molecule has 0 saturated carbocycles. The molecule has 0 aliphatic rings. The fourth-order valence-corrected chi connectivity index (χ4v) is 3.67. The molecule has 0 aliphatic heterocycles. The second-order valence-electron chi connectivity index (χ2n) is 3.60. The van der Waals surface area contributed by atoms with Crippen LogP contribution in [0.25, 0.3) is 0 Å². The van der Waals surface area contributed by atoms with Crippen molar-refractivity contribution in [3.05, 3.63) is 0 Å². The quantitative estimate of drug-likeness (QED) is 0.510. The summed E-state index contributed by atoms with van der Waals surface area (Å²) in [7, 11) is 0. The number of aldehydes is 2. The molecular weight excluding hydrogens is 256 g/mol. The number of thioether (sulfide) groups is 2. The van der Waals surface area contributed by atoms with Crippen LogP contribution in [0.1, 0.15) is 19.3 Å². The smallest absolute Gasteiger partial charge is 0.121 e. The largest absolute Gasteiger partial charge is 0.330 e. The van der Waals surface area contributed by atoms with E-state index in [-0.39, 0.29) is 10.5 Å². The summed E-state index contributed by atoms with van der Waals surface area (Å²) in [5.41, 5.74) is 10.9. The van der Waals surface area contributed by atoms with Crippen LogP contribution < -0.4 is 11.5 Å². The van der Waals surface area contributed by atoms with Gasteiger partial charge in [0, 0.05) is 47.9 Å². The summed E-state index contributed by atoms with van der Waals surface area (Å²) in [5, 5.41) is 0.539. The third kappa shape index (κ3) is 9.64. The Kier molecular flexibility index (Phi) is 12.4. The molecule has 0 saturated heterocycles. The maximum Gasteiger partial charge on any atom is 0.121 e. The van der Waals surface area contributed by atoms with Gasteiger partial charge in [0.05, 0.1) is 0 Å². The van der Waals surface area contributed by atoms with E-state index in [1.807, 2.05) is 0 Å². The van der Waals surface area contributed by atoms with Gasteiger partial charge in [0.1, 0.15) is 12.6 Å². The monoisotopic (exact) mass is 278 g/mol. The molecule has 17 heavy (non-hydrogen) atoms. The lowest BCUT2D eigenvalue weighted by Crippen LogP contribution is -2.18. The number of hydrogen-bond donors (Lipinski definition) is 2. The van der Waals surface area contributed by atoms with Gasteiger partial charge in [-0.3, -0.25) is 0 Å². The number of rotatable bonds is 12. The Labute approximate surface area is 112 Å². The fourth-order valence-electron chi connectivity index (χ4n) is 1.44. The molecule has 4 N–H and O–H groups in total. The second kappa shape index (κ2) is 12.4. The van der Waals surface area contributed by atoms with E-state index in [0.717, 1.165) is 30.5 Å². The van der Waals surface area contributed by atoms with Gasteiger partial charge in [0.2, 0.25) is 0 Å². The van der Waals surface area contributed by atoms with Crippen molar-refractivity contribution in [2.45, 2.75) is 29.8 Å². The lowest BCUT2D eigenvalue weighted by Gasteiger charge is -2.20. The Hall–Kier alpha value is -0.0400. The van der Waals surface area contributed by atoms with Crippen molar-refractivity contribution in [2.24, 2.45) is 11.5 Å². The van der Waals surface area contributed by atoms with Crippen LogP contribution in [0.5, 0.6) is 0 Å².